The van der Waals surface area contributed by atoms with E-state index in [0.29, 0.717) is 12.2 Å². The van der Waals surface area contributed by atoms with Crippen molar-refractivity contribution in [2.75, 3.05) is 11.9 Å². The Bertz CT molecular complexity index is 780. The molecule has 0 saturated carbocycles. The van der Waals surface area contributed by atoms with Crippen LogP contribution in [-0.4, -0.2) is 12.5 Å². The number of rotatable bonds is 6. The summed E-state index contributed by atoms with van der Waals surface area (Å²) in [6.07, 6.45) is 2.23. The van der Waals surface area contributed by atoms with Crippen LogP contribution in [0.5, 0.6) is 0 Å². The summed E-state index contributed by atoms with van der Waals surface area (Å²) in [4.78, 5) is 12.1. The molecule has 6 heteroatoms. The summed E-state index contributed by atoms with van der Waals surface area (Å²) in [6, 6.07) is 17.0. The second kappa shape index (κ2) is 9.26. The molecule has 0 heterocycles. The van der Waals surface area contributed by atoms with Gasteiger partial charge in [0.05, 0.1) is 0 Å². The molecule has 0 aliphatic heterocycles. The lowest BCUT2D eigenvalue weighted by Crippen LogP contribution is -2.18. The summed E-state index contributed by atoms with van der Waals surface area (Å²) >= 11 is 6.82. The predicted octanol–water partition coefficient (Wildman–Crippen LogP) is 4.39. The van der Waals surface area contributed by atoms with E-state index in [1.807, 2.05) is 42.5 Å². The van der Waals surface area contributed by atoms with Crippen molar-refractivity contribution in [1.82, 2.24) is 5.32 Å². The summed E-state index contributed by atoms with van der Waals surface area (Å²) < 4.78 is 1.97. The number of nitrogens with zero attached hydrogens (tertiary/aromatic N) is 1. The Labute approximate surface area is 157 Å². The van der Waals surface area contributed by atoms with Gasteiger partial charge in [0, 0.05) is 27.4 Å². The van der Waals surface area contributed by atoms with E-state index < -0.39 is 5.91 Å². The molecule has 24 heavy (non-hydrogen) atoms. The number of anilines is 1. The standard InChI is InChI=1S/C18H15Br2N3O/c19-15-5-7-16(8-6-15)23-18(24)14(11-21)12-22-10-9-13-3-1-2-4-17(13)20/h1-8,12,22H,9-10H2,(H,23,24)/b14-12-. The lowest BCUT2D eigenvalue weighted by molar-refractivity contribution is -0.112. The smallest absolute Gasteiger partial charge is 0.267 e. The molecule has 2 aromatic rings. The first-order valence-corrected chi connectivity index (χ1v) is 8.82. The minimum atomic E-state index is -0.437. The number of carbonyl (C=O) groups excluding carboxylic acids is 1. The van der Waals surface area contributed by atoms with Gasteiger partial charge in [-0.05, 0) is 42.3 Å². The van der Waals surface area contributed by atoms with Crippen LogP contribution in [0.4, 0.5) is 5.69 Å². The van der Waals surface area contributed by atoms with Gasteiger partial charge in [0.15, 0.2) is 0 Å². The minimum Gasteiger partial charge on any atom is -0.389 e. The molecule has 0 saturated heterocycles. The maximum Gasteiger partial charge on any atom is 0.267 e. The molecule has 2 aromatic carbocycles. The van der Waals surface area contributed by atoms with Gasteiger partial charge in [-0.25, -0.2) is 0 Å². The summed E-state index contributed by atoms with van der Waals surface area (Å²) in [6.45, 7) is 0.624. The first kappa shape index (κ1) is 18.2. The molecule has 0 spiro atoms. The fourth-order valence-corrected chi connectivity index (χ4v) is 2.71. The molecule has 0 radical (unpaired) electrons. The van der Waals surface area contributed by atoms with Crippen LogP contribution in [0, 0.1) is 11.3 Å². The van der Waals surface area contributed by atoms with E-state index in [0.717, 1.165) is 20.9 Å². The van der Waals surface area contributed by atoms with Crippen molar-refractivity contribution < 1.29 is 4.79 Å². The number of benzene rings is 2. The second-order valence-corrected chi connectivity index (χ2v) is 6.70. The Morgan fingerprint density at radius 3 is 2.50 bits per heavy atom. The highest BCUT2D eigenvalue weighted by Crippen LogP contribution is 2.16. The topological polar surface area (TPSA) is 64.9 Å². The lowest BCUT2D eigenvalue weighted by atomic mass is 10.1. The Morgan fingerprint density at radius 1 is 1.12 bits per heavy atom. The largest absolute Gasteiger partial charge is 0.389 e. The third kappa shape index (κ3) is 5.52. The van der Waals surface area contributed by atoms with Crippen molar-refractivity contribution in [3.63, 3.8) is 0 Å². The average molecular weight is 449 g/mol. The van der Waals surface area contributed by atoms with Crippen molar-refractivity contribution in [2.24, 2.45) is 0 Å². The molecule has 0 aliphatic carbocycles. The summed E-state index contributed by atoms with van der Waals surface area (Å²) in [5.74, 6) is -0.437. The molecule has 122 valence electrons. The van der Waals surface area contributed by atoms with Gasteiger partial charge < -0.3 is 10.6 Å². The van der Waals surface area contributed by atoms with Crippen LogP contribution in [0.3, 0.4) is 0 Å². The third-order valence-corrected chi connectivity index (χ3v) is 4.51. The van der Waals surface area contributed by atoms with Gasteiger partial charge in [-0.1, -0.05) is 50.1 Å². The number of hydrogen-bond acceptors (Lipinski definition) is 3. The molecule has 0 atom stereocenters. The molecule has 1 amide bonds. The summed E-state index contributed by atoms with van der Waals surface area (Å²) in [7, 11) is 0. The zero-order chi connectivity index (χ0) is 17.4. The second-order valence-electron chi connectivity index (χ2n) is 4.93. The van der Waals surface area contributed by atoms with E-state index >= 15 is 0 Å². The zero-order valence-electron chi connectivity index (χ0n) is 12.7. The highest BCUT2D eigenvalue weighted by atomic mass is 79.9. The molecule has 2 N–H and O–H groups in total. The molecule has 0 bridgehead atoms. The Kier molecular flexibility index (Phi) is 7.04. The lowest BCUT2D eigenvalue weighted by Gasteiger charge is -2.06. The van der Waals surface area contributed by atoms with Crippen LogP contribution in [0.15, 0.2) is 69.2 Å². The number of hydrogen-bond donors (Lipinski definition) is 2. The fourth-order valence-electron chi connectivity index (χ4n) is 1.96. The number of halogens is 2. The molecule has 0 aromatic heterocycles. The van der Waals surface area contributed by atoms with Gasteiger partial charge in [0.25, 0.3) is 5.91 Å². The molecule has 0 unspecified atom stereocenters. The van der Waals surface area contributed by atoms with Gasteiger partial charge in [-0.2, -0.15) is 5.26 Å². The van der Waals surface area contributed by atoms with E-state index in [1.165, 1.54) is 6.20 Å². The van der Waals surface area contributed by atoms with Crippen molar-refractivity contribution in [1.29, 1.82) is 5.26 Å². The first-order chi connectivity index (χ1) is 11.6. The molecular formula is C18H15Br2N3O. The molecule has 4 nitrogen and oxygen atoms in total. The van der Waals surface area contributed by atoms with Crippen molar-refractivity contribution >= 4 is 43.5 Å². The number of nitrogens with one attached hydrogen (secondary N) is 2. The SMILES string of the molecule is N#C/C(=C/NCCc1ccccc1Br)C(=O)Nc1ccc(Br)cc1. The number of nitriles is 1. The van der Waals surface area contributed by atoms with Crippen LogP contribution in [-0.2, 0) is 11.2 Å². The van der Waals surface area contributed by atoms with E-state index in [4.69, 9.17) is 5.26 Å². The number of carbonyl (C=O) groups is 1. The fraction of sp³-hybridized carbons (Fsp3) is 0.111. The van der Waals surface area contributed by atoms with E-state index in [1.54, 1.807) is 12.1 Å². The molecule has 2 rings (SSSR count). The van der Waals surface area contributed by atoms with E-state index in [-0.39, 0.29) is 5.57 Å². The average Bonchev–Trinajstić information content (AvgIpc) is 2.58. The van der Waals surface area contributed by atoms with Crippen molar-refractivity contribution in [3.05, 3.63) is 74.8 Å². The molecule has 0 aliphatic rings. The Morgan fingerprint density at radius 2 is 1.83 bits per heavy atom. The van der Waals surface area contributed by atoms with Crippen LogP contribution in [0.1, 0.15) is 5.56 Å². The maximum atomic E-state index is 12.1. The van der Waals surface area contributed by atoms with Gasteiger partial charge in [0.1, 0.15) is 11.6 Å². The summed E-state index contributed by atoms with van der Waals surface area (Å²) in [5.41, 5.74) is 1.83. The van der Waals surface area contributed by atoms with Crippen molar-refractivity contribution in [2.45, 2.75) is 6.42 Å². The van der Waals surface area contributed by atoms with Crippen molar-refractivity contribution in [3.8, 4) is 6.07 Å². The first-order valence-electron chi connectivity index (χ1n) is 7.24. The molecule has 0 fully saturated rings. The van der Waals surface area contributed by atoms with Gasteiger partial charge in [-0.3, -0.25) is 4.79 Å². The van der Waals surface area contributed by atoms with Gasteiger partial charge >= 0.3 is 0 Å². The normalized spacial score (nSPS) is 10.8. The van der Waals surface area contributed by atoms with Crippen LogP contribution >= 0.6 is 31.9 Å². The van der Waals surface area contributed by atoms with Crippen LogP contribution in [0.25, 0.3) is 0 Å². The maximum absolute atomic E-state index is 12.1. The van der Waals surface area contributed by atoms with Crippen LogP contribution in [0.2, 0.25) is 0 Å². The Hall–Kier alpha value is -2.10. The zero-order valence-corrected chi connectivity index (χ0v) is 15.9. The Balaban J connectivity index is 1.89. The minimum absolute atomic E-state index is 0.0325. The van der Waals surface area contributed by atoms with E-state index in [2.05, 4.69) is 42.5 Å². The summed E-state index contributed by atoms with van der Waals surface area (Å²) in [5, 5.41) is 14.8. The van der Waals surface area contributed by atoms with Gasteiger partial charge in [0.2, 0.25) is 0 Å². The monoisotopic (exact) mass is 447 g/mol. The highest BCUT2D eigenvalue weighted by Gasteiger charge is 2.09. The van der Waals surface area contributed by atoms with Gasteiger partial charge in [-0.15, -0.1) is 0 Å². The number of amides is 1. The van der Waals surface area contributed by atoms with Crippen LogP contribution < -0.4 is 10.6 Å². The highest BCUT2D eigenvalue weighted by molar-refractivity contribution is 9.10. The predicted molar refractivity (Wildman–Crippen MR) is 102 cm³/mol. The molecular weight excluding hydrogens is 434 g/mol. The quantitative estimate of drug-likeness (QED) is 0.391. The van der Waals surface area contributed by atoms with E-state index in [9.17, 15) is 4.79 Å². The third-order valence-electron chi connectivity index (χ3n) is 3.21.